The van der Waals surface area contributed by atoms with E-state index in [1.54, 1.807) is 0 Å². The van der Waals surface area contributed by atoms with E-state index >= 15 is 0 Å². The number of halogens is 1. The molecule has 1 nitrogen and oxygen atoms in total. The van der Waals surface area contributed by atoms with E-state index in [0.717, 1.165) is 15.6 Å². The zero-order valence-electron chi connectivity index (χ0n) is 11.4. The maximum atomic E-state index is 6.09. The fourth-order valence-electron chi connectivity index (χ4n) is 2.65. The molecule has 3 aromatic rings. The quantitative estimate of drug-likeness (QED) is 0.532. The van der Waals surface area contributed by atoms with E-state index in [-0.39, 0.29) is 0 Å². The highest BCUT2D eigenvalue weighted by Gasteiger charge is 2.42. The van der Waals surface area contributed by atoms with Crippen molar-refractivity contribution < 1.29 is 3.98 Å². The summed E-state index contributed by atoms with van der Waals surface area (Å²) in [6, 6.07) is 30.7. The minimum Gasteiger partial charge on any atom is -0.308 e. The van der Waals surface area contributed by atoms with Gasteiger partial charge in [-0.25, -0.2) is 0 Å². The molecule has 0 saturated heterocycles. The standard InChI is InChI=1S/C18H15ClOSi/c19-20-21(16-10-4-1-5-11-16,17-12-6-2-7-13-17)18-14-8-3-9-15-18/h1-15H. The Morgan fingerprint density at radius 1 is 0.524 bits per heavy atom. The molecule has 0 amide bonds. The zero-order valence-corrected chi connectivity index (χ0v) is 13.2. The maximum absolute atomic E-state index is 6.09. The molecule has 3 aromatic carbocycles. The predicted molar refractivity (Wildman–Crippen MR) is 90.9 cm³/mol. The first-order valence-electron chi connectivity index (χ1n) is 6.84. The maximum Gasteiger partial charge on any atom is 0.312 e. The Labute approximate surface area is 131 Å². The third kappa shape index (κ3) is 2.53. The highest BCUT2D eigenvalue weighted by Crippen LogP contribution is 2.11. The predicted octanol–water partition coefficient (Wildman–Crippen LogP) is 2.82. The molecule has 0 saturated carbocycles. The summed E-state index contributed by atoms with van der Waals surface area (Å²) in [5.41, 5.74) is 0. The van der Waals surface area contributed by atoms with Gasteiger partial charge in [0.1, 0.15) is 0 Å². The largest absolute Gasteiger partial charge is 0.312 e. The Morgan fingerprint density at radius 2 is 0.810 bits per heavy atom. The Hall–Kier alpha value is -1.87. The van der Waals surface area contributed by atoms with Crippen molar-refractivity contribution in [1.29, 1.82) is 0 Å². The first-order chi connectivity index (χ1) is 10.4. The van der Waals surface area contributed by atoms with Crippen molar-refractivity contribution in [2.75, 3.05) is 0 Å². The summed E-state index contributed by atoms with van der Waals surface area (Å²) < 4.78 is 5.71. The van der Waals surface area contributed by atoms with Gasteiger partial charge in [-0.05, 0) is 15.6 Å². The van der Waals surface area contributed by atoms with E-state index in [4.69, 9.17) is 15.8 Å². The van der Waals surface area contributed by atoms with Crippen LogP contribution in [0.5, 0.6) is 0 Å². The smallest absolute Gasteiger partial charge is 0.308 e. The molecule has 0 unspecified atom stereocenters. The molecule has 21 heavy (non-hydrogen) atoms. The number of hydrogen-bond acceptors (Lipinski definition) is 1. The van der Waals surface area contributed by atoms with Gasteiger partial charge in [-0.2, -0.15) is 0 Å². The molecule has 0 radical (unpaired) electrons. The van der Waals surface area contributed by atoms with Crippen LogP contribution in [-0.2, 0) is 3.98 Å². The van der Waals surface area contributed by atoms with Crippen molar-refractivity contribution in [2.24, 2.45) is 0 Å². The van der Waals surface area contributed by atoms with Gasteiger partial charge in [0.05, 0.1) is 0 Å². The van der Waals surface area contributed by atoms with E-state index in [1.807, 2.05) is 54.6 Å². The van der Waals surface area contributed by atoms with Crippen LogP contribution in [-0.4, -0.2) is 8.32 Å². The molecule has 3 rings (SSSR count). The molecule has 0 N–H and O–H groups in total. The lowest BCUT2D eigenvalue weighted by Gasteiger charge is -2.29. The summed E-state index contributed by atoms with van der Waals surface area (Å²) in [4.78, 5) is 0. The van der Waals surface area contributed by atoms with Gasteiger partial charge < -0.3 is 3.98 Å². The lowest BCUT2D eigenvalue weighted by Crippen LogP contribution is -2.68. The number of benzene rings is 3. The van der Waals surface area contributed by atoms with Gasteiger partial charge in [0.15, 0.2) is 0 Å². The van der Waals surface area contributed by atoms with E-state index in [9.17, 15) is 0 Å². The molecule has 0 atom stereocenters. The average molecular weight is 311 g/mol. The van der Waals surface area contributed by atoms with Crippen LogP contribution in [0.2, 0.25) is 0 Å². The third-order valence-electron chi connectivity index (χ3n) is 3.66. The molecule has 0 fully saturated rings. The van der Waals surface area contributed by atoms with Gasteiger partial charge in [0, 0.05) is 11.9 Å². The summed E-state index contributed by atoms with van der Waals surface area (Å²) in [6.07, 6.45) is 0. The van der Waals surface area contributed by atoms with Crippen LogP contribution >= 0.6 is 11.9 Å². The van der Waals surface area contributed by atoms with Crippen LogP contribution in [0.1, 0.15) is 0 Å². The van der Waals surface area contributed by atoms with Crippen molar-refractivity contribution in [1.82, 2.24) is 0 Å². The molecule has 0 spiro atoms. The second kappa shape index (κ2) is 6.27. The first kappa shape index (κ1) is 14.1. The van der Waals surface area contributed by atoms with Gasteiger partial charge in [-0.1, -0.05) is 91.0 Å². The summed E-state index contributed by atoms with van der Waals surface area (Å²) in [6.45, 7) is 0. The third-order valence-corrected chi connectivity index (χ3v) is 8.02. The van der Waals surface area contributed by atoms with Crippen LogP contribution in [0.4, 0.5) is 0 Å². The monoisotopic (exact) mass is 310 g/mol. The molecule has 104 valence electrons. The van der Waals surface area contributed by atoms with E-state index in [0.29, 0.717) is 0 Å². The van der Waals surface area contributed by atoms with Crippen molar-refractivity contribution >= 4 is 35.7 Å². The fraction of sp³-hybridized carbons (Fsp3) is 0. The van der Waals surface area contributed by atoms with Gasteiger partial charge >= 0.3 is 8.32 Å². The van der Waals surface area contributed by atoms with Crippen LogP contribution in [0, 0.1) is 0 Å². The number of hydrogen-bond donors (Lipinski definition) is 0. The Kier molecular flexibility index (Phi) is 4.20. The Balaban J connectivity index is 2.29. The Morgan fingerprint density at radius 3 is 1.05 bits per heavy atom. The van der Waals surface area contributed by atoms with Crippen LogP contribution in [0.15, 0.2) is 91.0 Å². The van der Waals surface area contributed by atoms with Crippen LogP contribution in [0.3, 0.4) is 0 Å². The van der Waals surface area contributed by atoms with Crippen LogP contribution in [0.25, 0.3) is 0 Å². The van der Waals surface area contributed by atoms with Crippen molar-refractivity contribution in [2.45, 2.75) is 0 Å². The van der Waals surface area contributed by atoms with Crippen molar-refractivity contribution in [3.05, 3.63) is 91.0 Å². The molecule has 0 aliphatic carbocycles. The highest BCUT2D eigenvalue weighted by atomic mass is 35.5. The molecule has 0 heterocycles. The number of rotatable bonds is 4. The van der Waals surface area contributed by atoms with Gasteiger partial charge in [0.25, 0.3) is 0 Å². The van der Waals surface area contributed by atoms with Gasteiger partial charge in [-0.15, -0.1) is 0 Å². The normalized spacial score (nSPS) is 11.3. The SMILES string of the molecule is ClO[Si](c1ccccc1)(c1ccccc1)c1ccccc1. The van der Waals surface area contributed by atoms with Gasteiger partial charge in [-0.3, -0.25) is 0 Å². The summed E-state index contributed by atoms with van der Waals surface area (Å²) in [7, 11) is -2.63. The summed E-state index contributed by atoms with van der Waals surface area (Å²) in [5, 5.41) is 3.41. The molecule has 0 bridgehead atoms. The lowest BCUT2D eigenvalue weighted by molar-refractivity contribution is 0.646. The molecular formula is C18H15ClOSi. The lowest BCUT2D eigenvalue weighted by atomic mass is 10.3. The average Bonchev–Trinajstić information content (AvgIpc) is 2.59. The molecule has 3 heteroatoms. The molecule has 0 aliphatic heterocycles. The van der Waals surface area contributed by atoms with E-state index in [2.05, 4.69) is 36.4 Å². The molecule has 0 aromatic heterocycles. The van der Waals surface area contributed by atoms with E-state index < -0.39 is 8.32 Å². The summed E-state index contributed by atoms with van der Waals surface area (Å²) >= 11 is 6.09. The fourth-order valence-corrected chi connectivity index (χ4v) is 6.71. The first-order valence-corrected chi connectivity index (χ1v) is 9.06. The van der Waals surface area contributed by atoms with Crippen molar-refractivity contribution in [3.63, 3.8) is 0 Å². The topological polar surface area (TPSA) is 9.23 Å². The Bertz CT molecular complexity index is 590. The zero-order chi connectivity index (χ0) is 14.5. The summed E-state index contributed by atoms with van der Waals surface area (Å²) in [5.74, 6) is 0. The molecular weight excluding hydrogens is 296 g/mol. The van der Waals surface area contributed by atoms with Gasteiger partial charge in [0.2, 0.25) is 0 Å². The second-order valence-corrected chi connectivity index (χ2v) is 8.57. The van der Waals surface area contributed by atoms with Crippen molar-refractivity contribution in [3.8, 4) is 0 Å². The highest BCUT2D eigenvalue weighted by molar-refractivity contribution is 7.08. The minimum absolute atomic E-state index is 1.14. The molecule has 0 aliphatic rings. The van der Waals surface area contributed by atoms with Crippen LogP contribution < -0.4 is 15.6 Å². The van der Waals surface area contributed by atoms with E-state index in [1.165, 1.54) is 0 Å². The second-order valence-electron chi connectivity index (χ2n) is 4.86. The minimum atomic E-state index is -2.63.